The van der Waals surface area contributed by atoms with E-state index in [1.807, 2.05) is 0 Å². The van der Waals surface area contributed by atoms with Gasteiger partial charge in [0, 0.05) is 10.0 Å². The highest BCUT2D eigenvalue weighted by molar-refractivity contribution is 9.10. The van der Waals surface area contributed by atoms with E-state index < -0.39 is 5.38 Å². The SMILES string of the molecule is COc1ccc(C(Cl)c2cc(F)ccc2Br)c(OC)c1Cl. The molecule has 0 amide bonds. The number of hydrogen-bond donors (Lipinski definition) is 0. The summed E-state index contributed by atoms with van der Waals surface area (Å²) < 4.78 is 24.6. The van der Waals surface area contributed by atoms with Crippen LogP contribution in [-0.2, 0) is 0 Å². The topological polar surface area (TPSA) is 18.5 Å². The molecule has 0 saturated carbocycles. The molecule has 0 spiro atoms. The number of benzene rings is 2. The van der Waals surface area contributed by atoms with Gasteiger partial charge in [-0.15, -0.1) is 11.6 Å². The minimum Gasteiger partial charge on any atom is -0.495 e. The molecule has 6 heteroatoms. The van der Waals surface area contributed by atoms with Gasteiger partial charge in [0.15, 0.2) is 0 Å². The van der Waals surface area contributed by atoms with Crippen LogP contribution in [0.3, 0.4) is 0 Å². The highest BCUT2D eigenvalue weighted by Gasteiger charge is 2.22. The van der Waals surface area contributed by atoms with Crippen LogP contribution >= 0.6 is 39.1 Å². The van der Waals surface area contributed by atoms with Crippen LogP contribution in [0.2, 0.25) is 5.02 Å². The van der Waals surface area contributed by atoms with Crippen molar-refractivity contribution < 1.29 is 13.9 Å². The number of hydrogen-bond acceptors (Lipinski definition) is 2. The Hall–Kier alpha value is -0.970. The van der Waals surface area contributed by atoms with Crippen LogP contribution in [0.15, 0.2) is 34.8 Å². The average Bonchev–Trinajstić information content (AvgIpc) is 2.48. The van der Waals surface area contributed by atoms with Crippen molar-refractivity contribution in [3.8, 4) is 11.5 Å². The number of rotatable bonds is 4. The number of methoxy groups -OCH3 is 2. The Morgan fingerprint density at radius 3 is 2.43 bits per heavy atom. The minimum absolute atomic E-state index is 0.329. The summed E-state index contributed by atoms with van der Waals surface area (Å²) in [5, 5.41) is -0.288. The van der Waals surface area contributed by atoms with E-state index in [0.717, 1.165) is 0 Å². The molecule has 112 valence electrons. The lowest BCUT2D eigenvalue weighted by Gasteiger charge is -2.18. The first-order valence-corrected chi connectivity index (χ1v) is 7.59. The van der Waals surface area contributed by atoms with Crippen molar-refractivity contribution in [1.29, 1.82) is 0 Å². The Bertz CT molecular complexity index is 664. The van der Waals surface area contributed by atoms with Gasteiger partial charge in [-0.3, -0.25) is 0 Å². The van der Waals surface area contributed by atoms with Gasteiger partial charge in [0.1, 0.15) is 22.3 Å². The van der Waals surface area contributed by atoms with Gasteiger partial charge in [-0.05, 0) is 35.9 Å². The van der Waals surface area contributed by atoms with Crippen LogP contribution in [0.4, 0.5) is 4.39 Å². The van der Waals surface area contributed by atoms with E-state index in [0.29, 0.717) is 32.1 Å². The zero-order chi connectivity index (χ0) is 15.6. The standard InChI is InChI=1S/C15H12BrCl2FO2/c1-20-12-6-4-9(15(21-2)14(12)18)13(17)10-7-8(19)3-5-11(10)16/h3-7,13H,1-2H3. The minimum atomic E-state index is -0.617. The Morgan fingerprint density at radius 2 is 1.81 bits per heavy atom. The second kappa shape index (κ2) is 6.86. The quantitative estimate of drug-likeness (QED) is 0.630. The van der Waals surface area contributed by atoms with Crippen LogP contribution in [-0.4, -0.2) is 14.2 Å². The summed E-state index contributed by atoms with van der Waals surface area (Å²) in [6.45, 7) is 0. The molecule has 0 N–H and O–H groups in total. The zero-order valence-electron chi connectivity index (χ0n) is 11.3. The van der Waals surface area contributed by atoms with Crippen LogP contribution in [0.1, 0.15) is 16.5 Å². The van der Waals surface area contributed by atoms with E-state index >= 15 is 0 Å². The first kappa shape index (κ1) is 16.4. The highest BCUT2D eigenvalue weighted by atomic mass is 79.9. The van der Waals surface area contributed by atoms with Crippen molar-refractivity contribution in [2.45, 2.75) is 5.38 Å². The lowest BCUT2D eigenvalue weighted by Crippen LogP contribution is -2.01. The molecular formula is C15H12BrCl2FO2. The molecule has 0 fully saturated rings. The molecule has 2 aromatic carbocycles. The van der Waals surface area contributed by atoms with Crippen LogP contribution < -0.4 is 9.47 Å². The van der Waals surface area contributed by atoms with Crippen molar-refractivity contribution in [3.63, 3.8) is 0 Å². The van der Waals surface area contributed by atoms with Crippen molar-refractivity contribution >= 4 is 39.1 Å². The van der Waals surface area contributed by atoms with E-state index in [4.69, 9.17) is 32.7 Å². The maximum absolute atomic E-state index is 13.4. The molecule has 0 radical (unpaired) electrons. The molecule has 2 rings (SSSR count). The average molecular weight is 394 g/mol. The highest BCUT2D eigenvalue weighted by Crippen LogP contribution is 2.44. The molecule has 0 aliphatic heterocycles. The number of halogens is 4. The summed E-state index contributed by atoms with van der Waals surface area (Å²) in [6.07, 6.45) is 0. The molecule has 0 saturated heterocycles. The van der Waals surface area contributed by atoms with E-state index in [2.05, 4.69) is 15.9 Å². The fraction of sp³-hybridized carbons (Fsp3) is 0.200. The van der Waals surface area contributed by atoms with Crippen molar-refractivity contribution in [3.05, 3.63) is 56.8 Å². The third-order valence-electron chi connectivity index (χ3n) is 3.02. The van der Waals surface area contributed by atoms with Gasteiger partial charge in [0.05, 0.1) is 19.6 Å². The van der Waals surface area contributed by atoms with Crippen molar-refractivity contribution in [2.24, 2.45) is 0 Å². The summed E-state index contributed by atoms with van der Waals surface area (Å²) in [6, 6.07) is 7.79. The summed E-state index contributed by atoms with van der Waals surface area (Å²) in [4.78, 5) is 0. The van der Waals surface area contributed by atoms with Gasteiger partial charge in [-0.1, -0.05) is 27.5 Å². The monoisotopic (exact) mass is 392 g/mol. The molecule has 1 atom stereocenters. The smallest absolute Gasteiger partial charge is 0.146 e. The zero-order valence-corrected chi connectivity index (χ0v) is 14.4. The summed E-state index contributed by atoms with van der Waals surface area (Å²) in [5.74, 6) is 0.532. The largest absolute Gasteiger partial charge is 0.495 e. The third-order valence-corrected chi connectivity index (χ3v) is 4.57. The van der Waals surface area contributed by atoms with Gasteiger partial charge in [-0.25, -0.2) is 4.39 Å². The molecule has 2 nitrogen and oxygen atoms in total. The molecule has 0 aromatic heterocycles. The van der Waals surface area contributed by atoms with Crippen molar-refractivity contribution in [1.82, 2.24) is 0 Å². The maximum atomic E-state index is 13.4. The molecule has 21 heavy (non-hydrogen) atoms. The number of alkyl halides is 1. The summed E-state index contributed by atoms with van der Waals surface area (Å²) >= 11 is 16.1. The second-order valence-corrected chi connectivity index (χ2v) is 5.90. The first-order valence-electron chi connectivity index (χ1n) is 5.99. The first-order chi connectivity index (χ1) is 9.99. The van der Waals surface area contributed by atoms with Gasteiger partial charge in [0.2, 0.25) is 0 Å². The second-order valence-electron chi connectivity index (χ2n) is 4.23. The van der Waals surface area contributed by atoms with Crippen LogP contribution in [0, 0.1) is 5.82 Å². The Kier molecular flexibility index (Phi) is 5.36. The molecular weight excluding hydrogens is 382 g/mol. The van der Waals surface area contributed by atoms with Gasteiger partial charge < -0.3 is 9.47 Å². The fourth-order valence-electron chi connectivity index (χ4n) is 1.99. The third kappa shape index (κ3) is 3.28. The number of ether oxygens (including phenoxy) is 2. The fourth-order valence-corrected chi connectivity index (χ4v) is 3.28. The van der Waals surface area contributed by atoms with Gasteiger partial charge in [0.25, 0.3) is 0 Å². The maximum Gasteiger partial charge on any atom is 0.146 e. The molecule has 0 aliphatic rings. The van der Waals surface area contributed by atoms with Gasteiger partial charge >= 0.3 is 0 Å². The lowest BCUT2D eigenvalue weighted by molar-refractivity contribution is 0.392. The molecule has 0 aliphatic carbocycles. The van der Waals surface area contributed by atoms with Crippen molar-refractivity contribution in [2.75, 3.05) is 14.2 Å². The Morgan fingerprint density at radius 1 is 1.10 bits per heavy atom. The predicted octanol–water partition coefficient (Wildman–Crippen LogP) is 5.59. The van der Waals surface area contributed by atoms with E-state index in [1.165, 1.54) is 26.4 Å². The molecule has 0 heterocycles. The van der Waals surface area contributed by atoms with Crippen LogP contribution in [0.5, 0.6) is 11.5 Å². The lowest BCUT2D eigenvalue weighted by atomic mass is 10.0. The van der Waals surface area contributed by atoms with Gasteiger partial charge in [-0.2, -0.15) is 0 Å². The Balaban J connectivity index is 2.55. The van der Waals surface area contributed by atoms with E-state index in [1.54, 1.807) is 18.2 Å². The van der Waals surface area contributed by atoms with E-state index in [9.17, 15) is 4.39 Å². The molecule has 1 unspecified atom stereocenters. The molecule has 0 bridgehead atoms. The van der Waals surface area contributed by atoms with Crippen LogP contribution in [0.25, 0.3) is 0 Å². The normalized spacial score (nSPS) is 12.1. The summed E-state index contributed by atoms with van der Waals surface area (Å²) in [7, 11) is 3.01. The molecule has 2 aromatic rings. The summed E-state index contributed by atoms with van der Waals surface area (Å²) in [5.41, 5.74) is 1.23. The Labute approximate surface area is 140 Å². The van der Waals surface area contributed by atoms with E-state index in [-0.39, 0.29) is 5.82 Å². The predicted molar refractivity (Wildman–Crippen MR) is 86.4 cm³/mol.